The molecule has 0 fully saturated rings. The first-order valence-electron chi connectivity index (χ1n) is 25.0. The first kappa shape index (κ1) is 47.6. The molecule has 0 saturated heterocycles. The molecule has 2 heterocycles. The number of amides is 2. The number of anilines is 4. The Bertz CT molecular complexity index is 3030. The summed E-state index contributed by atoms with van der Waals surface area (Å²) in [5.74, 6) is 1.38. The van der Waals surface area contributed by atoms with Gasteiger partial charge in [-0.2, -0.15) is 0 Å². The van der Waals surface area contributed by atoms with Gasteiger partial charge in [-0.15, -0.1) is 4.58 Å². The molecule has 2 unspecified atom stereocenters. The molecule has 5 aromatic rings. The van der Waals surface area contributed by atoms with Gasteiger partial charge in [0.1, 0.15) is 5.76 Å². The summed E-state index contributed by atoms with van der Waals surface area (Å²) in [6, 6.07) is 29.9. The van der Waals surface area contributed by atoms with Gasteiger partial charge in [0, 0.05) is 52.9 Å². The Hall–Kier alpha value is -7.46. The van der Waals surface area contributed by atoms with E-state index in [2.05, 4.69) is 34.0 Å². The fraction of sp³-hybridized carbons (Fsp3) is 0.300. The molecule has 2 amide bonds. The smallest absolute Gasteiger partial charge is 0.254 e. The van der Waals surface area contributed by atoms with Gasteiger partial charge in [0.25, 0.3) is 11.4 Å². The van der Waals surface area contributed by atoms with Gasteiger partial charge < -0.3 is 30.1 Å². The number of ether oxygens (including phenoxy) is 2. The third kappa shape index (κ3) is 8.99. The zero-order valence-electron chi connectivity index (χ0n) is 41.6. The maximum Gasteiger partial charge on any atom is 0.254 e. The monoisotopic (exact) mass is 935 g/mol. The lowest BCUT2D eigenvalue weighted by molar-refractivity contribution is -0.124. The number of rotatable bonds is 14. The van der Waals surface area contributed by atoms with Gasteiger partial charge >= 0.3 is 0 Å². The fourth-order valence-corrected chi connectivity index (χ4v) is 9.90. The molecule has 5 aromatic carbocycles. The normalized spacial score (nSPS) is 16.5. The van der Waals surface area contributed by atoms with Crippen LogP contribution >= 0.6 is 0 Å². The number of hydrogen-bond donors (Lipinski definition) is 3. The van der Waals surface area contributed by atoms with Crippen molar-refractivity contribution in [1.82, 2.24) is 9.89 Å². The number of ketones is 1. The van der Waals surface area contributed by atoms with Gasteiger partial charge in [0.05, 0.1) is 33.9 Å². The number of aliphatic hydroxyl groups excluding tert-OH is 1. The number of carbonyl (C=O) groups excluding carboxylic acids is 3. The van der Waals surface area contributed by atoms with Crippen LogP contribution in [0.3, 0.4) is 0 Å². The second-order valence-corrected chi connectivity index (χ2v) is 19.1. The van der Waals surface area contributed by atoms with Crippen molar-refractivity contribution in [2.45, 2.75) is 107 Å². The molecular weight excluding hydrogens is 873 g/mol. The lowest BCUT2D eigenvalue weighted by atomic mass is 9.78. The van der Waals surface area contributed by atoms with E-state index in [1.54, 1.807) is 12.1 Å². The van der Waals surface area contributed by atoms with E-state index in [-0.39, 0.29) is 40.6 Å². The molecule has 2 aliphatic heterocycles. The molecular formula is C60H63N4O6+. The van der Waals surface area contributed by atoms with Crippen LogP contribution in [0.1, 0.15) is 107 Å². The number of hydrogen-bond acceptors (Lipinski definition) is 7. The Kier molecular flexibility index (Phi) is 13.5. The molecule has 0 bridgehead atoms. The Labute approximate surface area is 411 Å². The molecule has 3 N–H and O–H groups in total. The minimum Gasteiger partial charge on any atom is -0.506 e. The van der Waals surface area contributed by atoms with E-state index in [0.717, 1.165) is 94.9 Å². The summed E-state index contributed by atoms with van der Waals surface area (Å²) in [7, 11) is 0. The van der Waals surface area contributed by atoms with Crippen molar-refractivity contribution in [1.29, 1.82) is 0 Å². The number of aryl methyl sites for hydroxylation is 4. The van der Waals surface area contributed by atoms with Gasteiger partial charge in [0.15, 0.2) is 23.0 Å². The van der Waals surface area contributed by atoms with Crippen LogP contribution < -0.4 is 29.6 Å². The highest BCUT2D eigenvalue weighted by atomic mass is 16.5. The van der Waals surface area contributed by atoms with Gasteiger partial charge in [-0.3, -0.25) is 14.4 Å². The van der Waals surface area contributed by atoms with Crippen molar-refractivity contribution < 1.29 is 29.0 Å². The van der Waals surface area contributed by atoms with Crippen LogP contribution in [0.5, 0.6) is 23.0 Å². The summed E-state index contributed by atoms with van der Waals surface area (Å²) >= 11 is 0. The number of carbonyl (C=O) groups is 3. The number of nitrogens with one attached hydrogen (secondary N) is 2. The molecule has 0 spiro atoms. The SMILES string of the molecule is CCCCC(CC)C(=O)NC1=CC(=[N+]2c3ccc(C)cc3Oc3cc(C)ccc32)C=CC1=C1C(=O)C(c2ccc(N3c4ccc(C)cc4Oc4cc(C)ccc43)cc2NC(=O)C(CC)CCCC)=C1O. The van der Waals surface area contributed by atoms with E-state index >= 15 is 0 Å². The molecule has 4 aliphatic rings. The van der Waals surface area contributed by atoms with Crippen molar-refractivity contribution in [2.75, 3.05) is 10.2 Å². The Morgan fingerprint density at radius 2 is 1.14 bits per heavy atom. The van der Waals surface area contributed by atoms with E-state index in [0.29, 0.717) is 58.4 Å². The van der Waals surface area contributed by atoms with E-state index in [1.165, 1.54) is 0 Å². The van der Waals surface area contributed by atoms with Gasteiger partial charge in [-0.1, -0.05) is 77.6 Å². The molecule has 0 aromatic heterocycles. The molecule has 2 atom stereocenters. The van der Waals surface area contributed by atoms with Gasteiger partial charge in [0.2, 0.25) is 23.3 Å². The van der Waals surface area contributed by atoms with Gasteiger partial charge in [-0.05, 0) is 136 Å². The highest BCUT2D eigenvalue weighted by Crippen LogP contribution is 2.53. The molecule has 10 heteroatoms. The Morgan fingerprint density at radius 3 is 1.67 bits per heavy atom. The maximum absolute atomic E-state index is 14.9. The van der Waals surface area contributed by atoms with Crippen LogP contribution in [0.25, 0.3) is 5.57 Å². The van der Waals surface area contributed by atoms with Gasteiger partial charge in [-0.25, -0.2) is 0 Å². The van der Waals surface area contributed by atoms with Crippen LogP contribution in [0, 0.1) is 39.5 Å². The predicted octanol–water partition coefficient (Wildman–Crippen LogP) is 14.7. The summed E-state index contributed by atoms with van der Waals surface area (Å²) in [5.41, 5.74) is 10.8. The molecule has 2 aliphatic carbocycles. The topological polar surface area (TPSA) is 120 Å². The van der Waals surface area contributed by atoms with Crippen molar-refractivity contribution in [3.63, 3.8) is 0 Å². The molecule has 70 heavy (non-hydrogen) atoms. The maximum atomic E-state index is 14.9. The van der Waals surface area contributed by atoms with Crippen LogP contribution in [0.2, 0.25) is 0 Å². The molecule has 358 valence electrons. The largest absolute Gasteiger partial charge is 0.506 e. The first-order valence-corrected chi connectivity index (χ1v) is 25.0. The summed E-state index contributed by atoms with van der Waals surface area (Å²) in [4.78, 5) is 45.5. The first-order chi connectivity index (χ1) is 33.8. The van der Waals surface area contributed by atoms with E-state index in [9.17, 15) is 19.5 Å². The molecule has 0 radical (unpaired) electrons. The number of nitrogens with zero attached hydrogens (tertiary/aromatic N) is 2. The third-order valence-electron chi connectivity index (χ3n) is 13.9. The Morgan fingerprint density at radius 1 is 0.629 bits per heavy atom. The van der Waals surface area contributed by atoms with Crippen LogP contribution in [-0.4, -0.2) is 28.4 Å². The lowest BCUT2D eigenvalue weighted by Crippen LogP contribution is -2.34. The number of aliphatic hydroxyl groups is 1. The quantitative estimate of drug-likeness (QED) is 0.0734. The van der Waals surface area contributed by atoms with E-state index in [1.807, 2.05) is 139 Å². The van der Waals surface area contributed by atoms with Crippen molar-refractivity contribution in [3.05, 3.63) is 160 Å². The average Bonchev–Trinajstić information content (AvgIpc) is 3.34. The summed E-state index contributed by atoms with van der Waals surface area (Å²) < 4.78 is 15.0. The number of benzene rings is 5. The van der Waals surface area contributed by atoms with Crippen molar-refractivity contribution >= 4 is 63.0 Å². The second-order valence-electron chi connectivity index (χ2n) is 19.1. The van der Waals surface area contributed by atoms with Crippen LogP contribution in [0.15, 0.2) is 132 Å². The second kappa shape index (κ2) is 19.9. The Balaban J connectivity index is 1.19. The highest BCUT2D eigenvalue weighted by Gasteiger charge is 2.41. The van der Waals surface area contributed by atoms with Crippen LogP contribution in [-0.2, 0) is 14.4 Å². The summed E-state index contributed by atoms with van der Waals surface area (Å²) in [5, 5.41) is 18.8. The number of fused-ring (bicyclic) bond motifs is 4. The van der Waals surface area contributed by atoms with E-state index in [4.69, 9.17) is 9.47 Å². The lowest BCUT2D eigenvalue weighted by Gasteiger charge is -2.34. The predicted molar refractivity (Wildman–Crippen MR) is 282 cm³/mol. The fourth-order valence-electron chi connectivity index (χ4n) is 9.90. The zero-order valence-corrected chi connectivity index (χ0v) is 41.6. The average molecular weight is 936 g/mol. The summed E-state index contributed by atoms with van der Waals surface area (Å²) in [6.45, 7) is 16.3. The number of Topliss-reactive ketones (excluding diaryl/α,β-unsaturated/α-hetero) is 1. The molecule has 10 nitrogen and oxygen atoms in total. The van der Waals surface area contributed by atoms with Crippen LogP contribution in [0.4, 0.5) is 34.1 Å². The van der Waals surface area contributed by atoms with E-state index < -0.39 is 5.78 Å². The third-order valence-corrected chi connectivity index (χ3v) is 13.9. The number of unbranched alkanes of at least 4 members (excludes halogenated alkanes) is 2. The minimum absolute atomic E-state index is 0.0880. The molecule has 0 saturated carbocycles. The minimum atomic E-state index is -0.402. The standard InChI is InChI=1S/C60H62N4O6/c1-9-13-15-39(11-3)59(67)61-45-33-41(63-47-25-17-35(5)29-51(47)69-52-30-36(6)18-26-48(52)63)21-23-43(45)55-57(65)56(58(55)66)44-24-22-42(34-46(44)62-60(68)40(12-4)16-14-10-2)64-49-27-19-37(7)31-53(49)70-54-32-38(8)20-28-50(54)64/h17-34,39-40H,9-16H2,1-8H3,(H2,61,62,65,66,67,68)/p+1. The molecule has 9 rings (SSSR count). The number of allylic oxidation sites excluding steroid dienone is 5. The zero-order chi connectivity index (χ0) is 49.4. The van der Waals surface area contributed by atoms with Crippen molar-refractivity contribution in [2.24, 2.45) is 11.8 Å². The van der Waals surface area contributed by atoms with Crippen molar-refractivity contribution in [3.8, 4) is 23.0 Å². The highest BCUT2D eigenvalue weighted by molar-refractivity contribution is 6.40. The summed E-state index contributed by atoms with van der Waals surface area (Å²) in [6.07, 6.45) is 12.1.